The lowest BCUT2D eigenvalue weighted by Gasteiger charge is -2.17. The van der Waals surface area contributed by atoms with Crippen LogP contribution in [0.25, 0.3) is 0 Å². The summed E-state index contributed by atoms with van der Waals surface area (Å²) in [5.41, 5.74) is 4.10. The van der Waals surface area contributed by atoms with Gasteiger partial charge in [-0.2, -0.15) is 5.10 Å². The van der Waals surface area contributed by atoms with E-state index in [2.05, 4.69) is 32.3 Å². The molecule has 0 aliphatic heterocycles. The maximum Gasteiger partial charge on any atom is 0.276 e. The third kappa shape index (κ3) is 4.70. The number of rotatable bonds is 7. The fraction of sp³-hybridized carbons (Fsp3) is 0.381. The molecule has 0 saturated heterocycles. The van der Waals surface area contributed by atoms with Crippen LogP contribution >= 0.6 is 15.9 Å². The molecule has 0 aliphatic rings. The smallest absolute Gasteiger partial charge is 0.276 e. The van der Waals surface area contributed by atoms with Crippen molar-refractivity contribution in [2.45, 2.75) is 47.4 Å². The predicted molar refractivity (Wildman–Crippen MR) is 113 cm³/mol. The Bertz CT molecular complexity index is 1000. The van der Waals surface area contributed by atoms with E-state index in [1.54, 1.807) is 25.1 Å². The van der Waals surface area contributed by atoms with E-state index in [0.29, 0.717) is 17.9 Å². The zero-order chi connectivity index (χ0) is 21.1. The van der Waals surface area contributed by atoms with Crippen molar-refractivity contribution in [1.82, 2.24) is 19.8 Å². The molecule has 0 bridgehead atoms. The van der Waals surface area contributed by atoms with Gasteiger partial charge in [-0.15, -0.1) is 0 Å². The molecule has 0 unspecified atom stereocenters. The maximum absolute atomic E-state index is 13.0. The molecule has 0 radical (unpaired) electrons. The number of nitrogens with zero attached hydrogens (tertiary/aromatic N) is 4. The second-order valence-electron chi connectivity index (χ2n) is 7.09. The molecule has 7 nitrogen and oxygen atoms in total. The maximum atomic E-state index is 13.0. The Balaban J connectivity index is 1.77. The number of benzene rings is 1. The normalized spacial score (nSPS) is 11.0. The molecule has 0 N–H and O–H groups in total. The van der Waals surface area contributed by atoms with Gasteiger partial charge in [0.2, 0.25) is 0 Å². The van der Waals surface area contributed by atoms with Gasteiger partial charge >= 0.3 is 0 Å². The molecule has 8 heteroatoms. The molecule has 1 aromatic carbocycles. The van der Waals surface area contributed by atoms with E-state index in [1.807, 2.05) is 37.6 Å². The van der Waals surface area contributed by atoms with E-state index >= 15 is 0 Å². The lowest BCUT2D eigenvalue weighted by molar-refractivity contribution is 0.0768. The summed E-state index contributed by atoms with van der Waals surface area (Å²) in [6, 6.07) is 6.01. The molecule has 154 valence electrons. The highest BCUT2D eigenvalue weighted by atomic mass is 79.9. The number of ether oxygens (including phenoxy) is 1. The topological polar surface area (TPSA) is 73.4 Å². The molecule has 2 heterocycles. The van der Waals surface area contributed by atoms with Gasteiger partial charge in [0.25, 0.3) is 5.91 Å². The largest absolute Gasteiger partial charge is 0.489 e. The van der Waals surface area contributed by atoms with E-state index < -0.39 is 0 Å². The zero-order valence-electron chi connectivity index (χ0n) is 17.3. The number of amides is 1. The van der Waals surface area contributed by atoms with Crippen molar-refractivity contribution >= 4 is 21.8 Å². The summed E-state index contributed by atoms with van der Waals surface area (Å²) >= 11 is 3.50. The number of carbonyl (C=O) groups excluding carboxylic acids is 1. The second kappa shape index (κ2) is 8.82. The van der Waals surface area contributed by atoms with Crippen molar-refractivity contribution in [3.8, 4) is 5.75 Å². The predicted octanol–water partition coefficient (Wildman–Crippen LogP) is 4.43. The summed E-state index contributed by atoms with van der Waals surface area (Å²) in [7, 11) is 1.74. The third-order valence-corrected chi connectivity index (χ3v) is 5.36. The number of hydrogen-bond acceptors (Lipinski definition) is 5. The molecule has 0 saturated carbocycles. The molecule has 3 rings (SSSR count). The van der Waals surface area contributed by atoms with Crippen molar-refractivity contribution in [1.29, 1.82) is 0 Å². The van der Waals surface area contributed by atoms with Gasteiger partial charge in [0.15, 0.2) is 5.69 Å². The Morgan fingerprint density at radius 1 is 1.24 bits per heavy atom. The van der Waals surface area contributed by atoms with Crippen LogP contribution in [0.4, 0.5) is 0 Å². The van der Waals surface area contributed by atoms with Crippen LogP contribution in [-0.4, -0.2) is 32.8 Å². The first-order valence-electron chi connectivity index (χ1n) is 9.42. The molecule has 0 atom stereocenters. The molecule has 1 amide bonds. The van der Waals surface area contributed by atoms with Gasteiger partial charge in [0, 0.05) is 13.6 Å². The number of aryl methyl sites for hydroxylation is 4. The van der Waals surface area contributed by atoms with Gasteiger partial charge in [0.05, 0.1) is 28.5 Å². The number of aromatic nitrogens is 3. The molecular formula is C21H25BrN4O3. The monoisotopic (exact) mass is 460 g/mol. The highest BCUT2D eigenvalue weighted by Gasteiger charge is 2.24. The molecule has 0 aliphatic carbocycles. The Hall–Kier alpha value is -2.61. The summed E-state index contributed by atoms with van der Waals surface area (Å²) in [5, 5.41) is 8.29. The van der Waals surface area contributed by atoms with Gasteiger partial charge in [-0.05, 0) is 66.9 Å². The van der Waals surface area contributed by atoms with Crippen LogP contribution in [-0.2, 0) is 19.7 Å². The van der Waals surface area contributed by atoms with E-state index in [-0.39, 0.29) is 18.2 Å². The average Bonchev–Trinajstić information content (AvgIpc) is 3.21. The summed E-state index contributed by atoms with van der Waals surface area (Å²) < 4.78 is 14.0. The molecule has 3 aromatic rings. The summed E-state index contributed by atoms with van der Waals surface area (Å²) in [5.74, 6) is 1.10. The standard InChI is InChI=1S/C21H25BrN4O3/c1-6-26-19(18(22)10-23-26)11-25(5)21(27)20-17(15(4)29-24-20)12-28-16-8-13(2)7-14(3)9-16/h7-10H,6,11-12H2,1-5H3. The number of hydrogen-bond donors (Lipinski definition) is 0. The van der Waals surface area contributed by atoms with Crippen LogP contribution in [0.15, 0.2) is 33.4 Å². The number of halogens is 1. The van der Waals surface area contributed by atoms with Gasteiger partial charge in [-0.3, -0.25) is 9.48 Å². The fourth-order valence-electron chi connectivity index (χ4n) is 3.20. The van der Waals surface area contributed by atoms with Crippen molar-refractivity contribution in [3.05, 3.63) is 62.7 Å². The van der Waals surface area contributed by atoms with Crippen LogP contribution in [0.5, 0.6) is 5.75 Å². The minimum Gasteiger partial charge on any atom is -0.489 e. The van der Waals surface area contributed by atoms with Crippen molar-refractivity contribution in [2.75, 3.05) is 7.05 Å². The van der Waals surface area contributed by atoms with Crippen molar-refractivity contribution in [2.24, 2.45) is 0 Å². The van der Waals surface area contributed by atoms with E-state index in [1.165, 1.54) is 0 Å². The first-order chi connectivity index (χ1) is 13.8. The van der Waals surface area contributed by atoms with Crippen LogP contribution in [0.2, 0.25) is 0 Å². The zero-order valence-corrected chi connectivity index (χ0v) is 18.9. The molecule has 0 fully saturated rings. The summed E-state index contributed by atoms with van der Waals surface area (Å²) in [6.45, 7) is 9.17. The van der Waals surface area contributed by atoms with Gasteiger partial charge in [-0.25, -0.2) is 0 Å². The first kappa shape index (κ1) is 21.1. The van der Waals surface area contributed by atoms with Gasteiger partial charge in [-0.1, -0.05) is 11.2 Å². The lowest BCUT2D eigenvalue weighted by Crippen LogP contribution is -2.29. The minimum absolute atomic E-state index is 0.212. The lowest BCUT2D eigenvalue weighted by atomic mass is 10.1. The van der Waals surface area contributed by atoms with Gasteiger partial charge < -0.3 is 14.2 Å². The highest BCUT2D eigenvalue weighted by molar-refractivity contribution is 9.10. The SMILES string of the molecule is CCn1ncc(Br)c1CN(C)C(=O)c1noc(C)c1COc1cc(C)cc(C)c1. The molecule has 2 aromatic heterocycles. The average molecular weight is 461 g/mol. The van der Waals surface area contributed by atoms with E-state index in [4.69, 9.17) is 9.26 Å². The van der Waals surface area contributed by atoms with Crippen molar-refractivity contribution < 1.29 is 14.1 Å². The van der Waals surface area contributed by atoms with Crippen LogP contribution in [0.1, 0.15) is 45.6 Å². The molecular weight excluding hydrogens is 436 g/mol. The van der Waals surface area contributed by atoms with Crippen molar-refractivity contribution in [3.63, 3.8) is 0 Å². The van der Waals surface area contributed by atoms with Crippen LogP contribution in [0.3, 0.4) is 0 Å². The quantitative estimate of drug-likeness (QED) is 0.521. The highest BCUT2D eigenvalue weighted by Crippen LogP contribution is 2.23. The Morgan fingerprint density at radius 3 is 2.59 bits per heavy atom. The molecule has 29 heavy (non-hydrogen) atoms. The molecule has 0 spiro atoms. The fourth-order valence-corrected chi connectivity index (χ4v) is 3.62. The third-order valence-electron chi connectivity index (χ3n) is 4.70. The van der Waals surface area contributed by atoms with Crippen LogP contribution in [0, 0.1) is 20.8 Å². The first-order valence-corrected chi connectivity index (χ1v) is 10.2. The Labute approximate surface area is 178 Å². The Morgan fingerprint density at radius 2 is 1.93 bits per heavy atom. The number of carbonyl (C=O) groups is 1. The minimum atomic E-state index is -0.225. The summed E-state index contributed by atoms with van der Waals surface area (Å²) in [4.78, 5) is 14.6. The van der Waals surface area contributed by atoms with Gasteiger partial charge in [0.1, 0.15) is 18.1 Å². The second-order valence-corrected chi connectivity index (χ2v) is 7.95. The van der Waals surface area contributed by atoms with E-state index in [0.717, 1.165) is 33.6 Å². The van der Waals surface area contributed by atoms with Crippen LogP contribution < -0.4 is 4.74 Å². The van der Waals surface area contributed by atoms with E-state index in [9.17, 15) is 4.79 Å². The summed E-state index contributed by atoms with van der Waals surface area (Å²) in [6.07, 6.45) is 1.74. The Kier molecular flexibility index (Phi) is 6.42.